The first-order valence-corrected chi connectivity index (χ1v) is 7.95. The predicted octanol–water partition coefficient (Wildman–Crippen LogP) is 5.05. The fraction of sp³-hybridized carbons (Fsp3) is 0.769. The van der Waals surface area contributed by atoms with Crippen LogP contribution in [0.3, 0.4) is 0 Å². The van der Waals surface area contributed by atoms with Crippen LogP contribution in [0.15, 0.2) is 10.1 Å². The number of esters is 1. The molecule has 0 radical (unpaired) electrons. The molecule has 0 aliphatic carbocycles. The van der Waals surface area contributed by atoms with Gasteiger partial charge in [-0.05, 0) is 51.1 Å². The normalized spacial score (nSPS) is 24.4. The topological polar surface area (TPSA) is 26.3 Å². The predicted molar refractivity (Wildman–Crippen MR) is 77.4 cm³/mol. The van der Waals surface area contributed by atoms with E-state index in [4.69, 9.17) is 4.74 Å². The first-order chi connectivity index (χ1) is 8.05. The van der Waals surface area contributed by atoms with Crippen molar-refractivity contribution in [2.75, 3.05) is 0 Å². The Labute approximate surface area is 120 Å². The number of hydrogen-bond acceptors (Lipinski definition) is 2. The molecule has 0 N–H and O–H groups in total. The molecular weight excluding hydrogens is 348 g/mol. The Balaban J connectivity index is 2.52. The molecule has 0 spiro atoms. The number of carbonyl (C=O) groups excluding carboxylic acids is 1. The lowest BCUT2D eigenvalue weighted by atomic mass is 10.0. The molecule has 1 heterocycles. The Morgan fingerprint density at radius 2 is 1.82 bits per heavy atom. The molecule has 0 aromatic rings. The second-order valence-electron chi connectivity index (χ2n) is 4.43. The minimum atomic E-state index is -0.562. The molecule has 0 saturated carbocycles. The summed E-state index contributed by atoms with van der Waals surface area (Å²) in [6.45, 7) is 4.23. The summed E-state index contributed by atoms with van der Waals surface area (Å²) in [7, 11) is 0. The minimum Gasteiger partial charge on any atom is -0.439 e. The van der Waals surface area contributed by atoms with Crippen molar-refractivity contribution in [3.63, 3.8) is 0 Å². The van der Waals surface area contributed by atoms with Crippen LogP contribution in [0.4, 0.5) is 0 Å². The molecule has 1 atom stereocenters. The lowest BCUT2D eigenvalue weighted by Crippen LogP contribution is -2.22. The zero-order valence-corrected chi connectivity index (χ0v) is 13.7. The highest BCUT2D eigenvalue weighted by atomic mass is 79.9. The first-order valence-electron chi connectivity index (χ1n) is 6.36. The molecule has 0 amide bonds. The number of rotatable bonds is 7. The number of unbranched alkanes of at least 4 members (excludes halogenated alkanes) is 4. The van der Waals surface area contributed by atoms with Crippen LogP contribution in [0, 0.1) is 0 Å². The standard InChI is InChI=1S/C13H20Br2O2/c1-3-5-6-7-8-9-10-11(14)12(16)17-13(10,15)4-2/h3-9H2,1-2H3. The number of halogens is 2. The van der Waals surface area contributed by atoms with Crippen LogP contribution in [0.2, 0.25) is 0 Å². The molecule has 1 aliphatic heterocycles. The third-order valence-electron chi connectivity index (χ3n) is 3.13. The maximum absolute atomic E-state index is 11.5. The van der Waals surface area contributed by atoms with Crippen LogP contribution >= 0.6 is 31.9 Å². The van der Waals surface area contributed by atoms with Gasteiger partial charge in [0.2, 0.25) is 0 Å². The lowest BCUT2D eigenvalue weighted by molar-refractivity contribution is -0.140. The van der Waals surface area contributed by atoms with E-state index in [9.17, 15) is 4.79 Å². The molecule has 0 saturated heterocycles. The highest BCUT2D eigenvalue weighted by Gasteiger charge is 2.42. The molecular formula is C13H20Br2O2. The van der Waals surface area contributed by atoms with Crippen LogP contribution in [0.25, 0.3) is 0 Å². The van der Waals surface area contributed by atoms with Crippen molar-refractivity contribution >= 4 is 37.8 Å². The van der Waals surface area contributed by atoms with Gasteiger partial charge in [-0.25, -0.2) is 4.79 Å². The molecule has 4 heteroatoms. The summed E-state index contributed by atoms with van der Waals surface area (Å²) in [4.78, 5) is 11.5. The van der Waals surface area contributed by atoms with Crippen molar-refractivity contribution in [1.82, 2.24) is 0 Å². The van der Waals surface area contributed by atoms with E-state index in [1.54, 1.807) is 0 Å². The van der Waals surface area contributed by atoms with E-state index in [1.165, 1.54) is 25.7 Å². The molecule has 17 heavy (non-hydrogen) atoms. The minimum absolute atomic E-state index is 0.243. The van der Waals surface area contributed by atoms with E-state index in [0.717, 1.165) is 24.8 Å². The van der Waals surface area contributed by atoms with Gasteiger partial charge in [-0.1, -0.05) is 39.5 Å². The summed E-state index contributed by atoms with van der Waals surface area (Å²) in [6.07, 6.45) is 7.85. The van der Waals surface area contributed by atoms with E-state index in [0.29, 0.717) is 4.48 Å². The van der Waals surface area contributed by atoms with Gasteiger partial charge in [0.15, 0.2) is 4.51 Å². The maximum atomic E-state index is 11.5. The number of cyclic esters (lactones) is 1. The van der Waals surface area contributed by atoms with Gasteiger partial charge in [-0.2, -0.15) is 0 Å². The van der Waals surface area contributed by atoms with E-state index in [1.807, 2.05) is 6.92 Å². The Bertz CT molecular complexity index is 313. The van der Waals surface area contributed by atoms with Gasteiger partial charge in [0.05, 0.1) is 0 Å². The summed E-state index contributed by atoms with van der Waals surface area (Å²) < 4.78 is 5.41. The first kappa shape index (κ1) is 15.2. The zero-order chi connectivity index (χ0) is 12.9. The average Bonchev–Trinajstić information content (AvgIpc) is 2.52. The number of alkyl halides is 1. The quantitative estimate of drug-likeness (QED) is 0.357. The smallest absolute Gasteiger partial charge is 0.347 e. The molecule has 0 bridgehead atoms. The SMILES string of the molecule is CCCCCCCC1=C(Br)C(=O)OC1(Br)CC. The fourth-order valence-corrected chi connectivity index (χ4v) is 3.44. The van der Waals surface area contributed by atoms with Gasteiger partial charge < -0.3 is 4.74 Å². The van der Waals surface area contributed by atoms with E-state index < -0.39 is 4.51 Å². The zero-order valence-electron chi connectivity index (χ0n) is 10.5. The Kier molecular flexibility index (Phi) is 6.21. The van der Waals surface area contributed by atoms with E-state index in [2.05, 4.69) is 38.8 Å². The summed E-state index contributed by atoms with van der Waals surface area (Å²) >= 11 is 6.89. The molecule has 1 unspecified atom stereocenters. The molecule has 0 aromatic carbocycles. The van der Waals surface area contributed by atoms with Gasteiger partial charge in [0, 0.05) is 5.57 Å². The summed E-state index contributed by atoms with van der Waals surface area (Å²) in [5.74, 6) is -0.243. The molecule has 1 aliphatic rings. The second kappa shape index (κ2) is 6.93. The van der Waals surface area contributed by atoms with Crippen molar-refractivity contribution in [2.45, 2.75) is 63.3 Å². The van der Waals surface area contributed by atoms with Gasteiger partial charge in [0.1, 0.15) is 4.48 Å². The monoisotopic (exact) mass is 366 g/mol. The Hall–Kier alpha value is 0.170. The third kappa shape index (κ3) is 3.82. The Morgan fingerprint density at radius 1 is 1.18 bits per heavy atom. The lowest BCUT2D eigenvalue weighted by Gasteiger charge is -2.22. The van der Waals surface area contributed by atoms with E-state index >= 15 is 0 Å². The Morgan fingerprint density at radius 3 is 2.41 bits per heavy atom. The van der Waals surface area contributed by atoms with Crippen LogP contribution in [-0.4, -0.2) is 10.5 Å². The number of ether oxygens (including phenoxy) is 1. The molecule has 1 rings (SSSR count). The van der Waals surface area contributed by atoms with E-state index in [-0.39, 0.29) is 5.97 Å². The molecule has 0 aromatic heterocycles. The van der Waals surface area contributed by atoms with Crippen LogP contribution in [0.5, 0.6) is 0 Å². The van der Waals surface area contributed by atoms with Crippen molar-refractivity contribution in [1.29, 1.82) is 0 Å². The molecule has 98 valence electrons. The highest BCUT2D eigenvalue weighted by molar-refractivity contribution is 9.12. The van der Waals surface area contributed by atoms with Crippen molar-refractivity contribution in [3.8, 4) is 0 Å². The van der Waals surface area contributed by atoms with Crippen LogP contribution < -0.4 is 0 Å². The molecule has 0 fully saturated rings. The van der Waals surface area contributed by atoms with Crippen molar-refractivity contribution in [3.05, 3.63) is 10.1 Å². The summed E-state index contributed by atoms with van der Waals surface area (Å²) in [5, 5.41) is 0. The highest BCUT2D eigenvalue weighted by Crippen LogP contribution is 2.44. The average molecular weight is 368 g/mol. The largest absolute Gasteiger partial charge is 0.439 e. The van der Waals surface area contributed by atoms with Gasteiger partial charge in [-0.15, -0.1) is 0 Å². The molecule has 2 nitrogen and oxygen atoms in total. The van der Waals surface area contributed by atoms with Crippen LogP contribution in [-0.2, 0) is 9.53 Å². The van der Waals surface area contributed by atoms with Crippen molar-refractivity contribution in [2.24, 2.45) is 0 Å². The number of hydrogen-bond donors (Lipinski definition) is 0. The van der Waals surface area contributed by atoms with Crippen LogP contribution in [0.1, 0.15) is 58.8 Å². The second-order valence-corrected chi connectivity index (χ2v) is 6.50. The third-order valence-corrected chi connectivity index (χ3v) is 5.14. The maximum Gasteiger partial charge on any atom is 0.347 e. The summed E-state index contributed by atoms with van der Waals surface area (Å²) in [5.41, 5.74) is 1.07. The fourth-order valence-electron chi connectivity index (χ4n) is 2.03. The van der Waals surface area contributed by atoms with Gasteiger partial charge in [0.25, 0.3) is 0 Å². The van der Waals surface area contributed by atoms with Gasteiger partial charge >= 0.3 is 5.97 Å². The number of carbonyl (C=O) groups is 1. The summed E-state index contributed by atoms with van der Waals surface area (Å²) in [6, 6.07) is 0. The van der Waals surface area contributed by atoms with Gasteiger partial charge in [-0.3, -0.25) is 0 Å². The van der Waals surface area contributed by atoms with Crippen molar-refractivity contribution < 1.29 is 9.53 Å².